The molecule has 0 fully saturated rings. The molecule has 0 aliphatic heterocycles. The predicted molar refractivity (Wildman–Crippen MR) is 61.7 cm³/mol. The Balaban J connectivity index is 2.82. The first-order valence-electron chi connectivity index (χ1n) is 4.64. The number of nitrogens with zero attached hydrogens (tertiary/aromatic N) is 4. The molecule has 5 nitrogen and oxygen atoms in total. The van der Waals surface area contributed by atoms with Crippen molar-refractivity contribution in [3.63, 3.8) is 0 Å². The van der Waals surface area contributed by atoms with Gasteiger partial charge in [-0.15, -0.1) is 5.11 Å². The van der Waals surface area contributed by atoms with E-state index < -0.39 is 4.65 Å². The average molecular weight is 208 g/mol. The largest absolute Gasteiger partial charge is 0.628 e. The number of quaternary nitrogens is 1. The minimum atomic E-state index is -0.439. The van der Waals surface area contributed by atoms with Crippen molar-refractivity contribution < 1.29 is 0 Å². The van der Waals surface area contributed by atoms with Crippen molar-refractivity contribution in [2.24, 2.45) is 10.3 Å². The normalized spacial score (nSPS) is 12.1. The standard InChI is InChI=1S/C10H16N4O/c1-13(2)12-11-9-5-7-10(8-6-9)14(3,4)15/h5-8H,1-4H3. The number of hydrogen-bond acceptors (Lipinski definition) is 3. The van der Waals surface area contributed by atoms with E-state index >= 15 is 0 Å². The fourth-order valence-corrected chi connectivity index (χ4v) is 1.02. The van der Waals surface area contributed by atoms with Gasteiger partial charge in [0, 0.05) is 26.2 Å². The highest BCUT2D eigenvalue weighted by Crippen LogP contribution is 2.21. The van der Waals surface area contributed by atoms with Gasteiger partial charge in [-0.3, -0.25) is 5.01 Å². The zero-order valence-electron chi connectivity index (χ0n) is 9.51. The molecule has 0 aromatic heterocycles. The van der Waals surface area contributed by atoms with E-state index in [9.17, 15) is 5.21 Å². The quantitative estimate of drug-likeness (QED) is 0.435. The van der Waals surface area contributed by atoms with Gasteiger partial charge in [0.2, 0.25) is 0 Å². The van der Waals surface area contributed by atoms with Crippen LogP contribution in [0.2, 0.25) is 0 Å². The summed E-state index contributed by atoms with van der Waals surface area (Å²) in [7, 11) is 6.76. The lowest BCUT2D eigenvalue weighted by molar-refractivity contribution is 0.408. The van der Waals surface area contributed by atoms with Crippen molar-refractivity contribution >= 4 is 11.4 Å². The third-order valence-electron chi connectivity index (χ3n) is 1.81. The summed E-state index contributed by atoms with van der Waals surface area (Å²) in [4.78, 5) is 0. The second-order valence-electron chi connectivity index (χ2n) is 3.90. The second-order valence-corrected chi connectivity index (χ2v) is 3.90. The molecule has 1 aromatic carbocycles. The van der Waals surface area contributed by atoms with Crippen LogP contribution in [0.4, 0.5) is 11.4 Å². The minimum Gasteiger partial charge on any atom is -0.628 e. The summed E-state index contributed by atoms with van der Waals surface area (Å²) in [6.45, 7) is 0. The van der Waals surface area contributed by atoms with Gasteiger partial charge in [0.15, 0.2) is 0 Å². The lowest BCUT2D eigenvalue weighted by atomic mass is 10.3. The maximum absolute atomic E-state index is 11.6. The second kappa shape index (κ2) is 4.37. The Kier molecular flexibility index (Phi) is 3.39. The SMILES string of the molecule is CN(C)N=Nc1ccc([N+](C)(C)[O-])cc1. The minimum absolute atomic E-state index is 0.439. The molecular weight excluding hydrogens is 192 g/mol. The van der Waals surface area contributed by atoms with E-state index in [1.165, 1.54) is 0 Å². The van der Waals surface area contributed by atoms with Crippen molar-refractivity contribution in [1.82, 2.24) is 9.66 Å². The van der Waals surface area contributed by atoms with Crippen LogP contribution in [0.5, 0.6) is 0 Å². The summed E-state index contributed by atoms with van der Waals surface area (Å²) in [6, 6.07) is 7.08. The molecule has 0 amide bonds. The molecule has 5 heteroatoms. The van der Waals surface area contributed by atoms with E-state index in [2.05, 4.69) is 10.3 Å². The van der Waals surface area contributed by atoms with E-state index in [4.69, 9.17) is 0 Å². The van der Waals surface area contributed by atoms with Crippen LogP contribution in [0.1, 0.15) is 0 Å². The van der Waals surface area contributed by atoms with Crippen molar-refractivity contribution in [2.45, 2.75) is 0 Å². The summed E-state index contributed by atoms with van der Waals surface area (Å²) in [5, 5.41) is 21.0. The van der Waals surface area contributed by atoms with E-state index in [0.29, 0.717) is 5.69 Å². The monoisotopic (exact) mass is 208 g/mol. The third kappa shape index (κ3) is 3.65. The molecule has 82 valence electrons. The fourth-order valence-electron chi connectivity index (χ4n) is 1.02. The van der Waals surface area contributed by atoms with Crippen molar-refractivity contribution in [3.05, 3.63) is 29.5 Å². The van der Waals surface area contributed by atoms with E-state index in [1.54, 1.807) is 57.5 Å². The van der Waals surface area contributed by atoms with Crippen LogP contribution in [0.3, 0.4) is 0 Å². The Bertz CT molecular complexity index is 337. The zero-order chi connectivity index (χ0) is 11.5. The highest BCUT2D eigenvalue weighted by molar-refractivity contribution is 5.49. The highest BCUT2D eigenvalue weighted by Gasteiger charge is 2.06. The molecule has 0 atom stereocenters. The third-order valence-corrected chi connectivity index (χ3v) is 1.81. The molecule has 0 radical (unpaired) electrons. The van der Waals surface area contributed by atoms with Crippen LogP contribution in [-0.2, 0) is 0 Å². The van der Waals surface area contributed by atoms with Crippen molar-refractivity contribution in [2.75, 3.05) is 28.2 Å². The van der Waals surface area contributed by atoms with E-state index in [1.807, 2.05) is 0 Å². The van der Waals surface area contributed by atoms with Crippen LogP contribution in [0, 0.1) is 5.21 Å². The molecule has 0 aliphatic rings. The maximum Gasteiger partial charge on any atom is 0.132 e. The predicted octanol–water partition coefficient (Wildman–Crippen LogP) is 2.31. The Morgan fingerprint density at radius 3 is 2.07 bits per heavy atom. The number of benzene rings is 1. The summed E-state index contributed by atoms with van der Waals surface area (Å²) >= 11 is 0. The fraction of sp³-hybridized carbons (Fsp3) is 0.400. The van der Waals surface area contributed by atoms with Crippen LogP contribution in [0.15, 0.2) is 34.6 Å². The summed E-state index contributed by atoms with van der Waals surface area (Å²) in [6.07, 6.45) is 0. The van der Waals surface area contributed by atoms with Gasteiger partial charge in [-0.2, -0.15) is 0 Å². The van der Waals surface area contributed by atoms with E-state index in [0.717, 1.165) is 5.69 Å². The lowest BCUT2D eigenvalue weighted by Gasteiger charge is -2.32. The van der Waals surface area contributed by atoms with Gasteiger partial charge in [-0.1, -0.05) is 5.22 Å². The number of rotatable bonds is 3. The molecule has 0 unspecified atom stereocenters. The van der Waals surface area contributed by atoms with Gasteiger partial charge in [0.25, 0.3) is 0 Å². The Morgan fingerprint density at radius 1 is 1.13 bits per heavy atom. The van der Waals surface area contributed by atoms with Gasteiger partial charge in [0.05, 0.1) is 19.8 Å². The number of hydrogen-bond donors (Lipinski definition) is 0. The molecule has 0 bridgehead atoms. The molecule has 15 heavy (non-hydrogen) atoms. The van der Waals surface area contributed by atoms with Gasteiger partial charge in [-0.05, 0) is 12.1 Å². The van der Waals surface area contributed by atoms with Gasteiger partial charge < -0.3 is 9.85 Å². The Labute approximate surface area is 89.8 Å². The smallest absolute Gasteiger partial charge is 0.132 e. The van der Waals surface area contributed by atoms with Crippen LogP contribution >= 0.6 is 0 Å². The molecule has 0 saturated heterocycles. The summed E-state index contributed by atoms with van der Waals surface area (Å²) in [5.41, 5.74) is 1.43. The average Bonchev–Trinajstić information content (AvgIpc) is 2.14. The van der Waals surface area contributed by atoms with Crippen LogP contribution < -0.4 is 4.65 Å². The molecular formula is C10H16N4O. The van der Waals surface area contributed by atoms with Crippen molar-refractivity contribution in [1.29, 1.82) is 0 Å². The molecule has 1 rings (SSSR count). The Morgan fingerprint density at radius 2 is 1.67 bits per heavy atom. The maximum atomic E-state index is 11.6. The van der Waals surface area contributed by atoms with Crippen molar-refractivity contribution in [3.8, 4) is 0 Å². The first-order chi connectivity index (χ1) is 6.89. The van der Waals surface area contributed by atoms with E-state index in [-0.39, 0.29) is 0 Å². The van der Waals surface area contributed by atoms with Gasteiger partial charge in [-0.25, -0.2) is 0 Å². The van der Waals surface area contributed by atoms with Crippen LogP contribution in [0.25, 0.3) is 0 Å². The van der Waals surface area contributed by atoms with Gasteiger partial charge >= 0.3 is 0 Å². The molecule has 0 spiro atoms. The lowest BCUT2D eigenvalue weighted by Crippen LogP contribution is -2.32. The molecule has 0 N–H and O–H groups in total. The molecule has 0 aliphatic carbocycles. The molecule has 1 aromatic rings. The highest BCUT2D eigenvalue weighted by atomic mass is 16.5. The summed E-state index contributed by atoms with van der Waals surface area (Å²) in [5.74, 6) is 0. The molecule has 0 heterocycles. The molecule has 0 saturated carbocycles. The van der Waals surface area contributed by atoms with Crippen LogP contribution in [-0.4, -0.2) is 33.2 Å². The Hall–Kier alpha value is -1.46. The number of hydroxylamine groups is 2. The van der Waals surface area contributed by atoms with Gasteiger partial charge in [0.1, 0.15) is 5.69 Å². The summed E-state index contributed by atoms with van der Waals surface area (Å²) < 4.78 is -0.439. The zero-order valence-corrected chi connectivity index (χ0v) is 9.51. The first kappa shape index (κ1) is 11.6. The topological polar surface area (TPSA) is 51.0 Å². The first-order valence-corrected chi connectivity index (χ1v) is 4.64.